The minimum absolute atomic E-state index is 0.0416. The van der Waals surface area contributed by atoms with Crippen LogP contribution in [0.15, 0.2) is 73.1 Å². The molecule has 1 aliphatic heterocycles. The molecule has 2 aromatic rings. The maximum absolute atomic E-state index is 9.71. The van der Waals surface area contributed by atoms with E-state index in [1.54, 1.807) is 6.92 Å². The zero-order valence-electron chi connectivity index (χ0n) is 13.3. The van der Waals surface area contributed by atoms with E-state index >= 15 is 0 Å². The van der Waals surface area contributed by atoms with E-state index in [1.807, 2.05) is 18.5 Å². The third-order valence-corrected chi connectivity index (χ3v) is 3.99. The maximum Gasteiger partial charge on any atom is 0.125 e. The second kappa shape index (κ2) is 7.16. The van der Waals surface area contributed by atoms with Crippen molar-refractivity contribution in [2.24, 2.45) is 0 Å². The van der Waals surface area contributed by atoms with Gasteiger partial charge < -0.3 is 15.3 Å². The summed E-state index contributed by atoms with van der Waals surface area (Å²) in [6.07, 6.45) is 7.62. The van der Waals surface area contributed by atoms with Crippen LogP contribution < -0.4 is 5.32 Å². The molecule has 0 spiro atoms. The quantitative estimate of drug-likeness (QED) is 0.888. The van der Waals surface area contributed by atoms with Gasteiger partial charge in [0.2, 0.25) is 0 Å². The zero-order valence-corrected chi connectivity index (χ0v) is 13.3. The van der Waals surface area contributed by atoms with Crippen molar-refractivity contribution >= 4 is 6.08 Å². The van der Waals surface area contributed by atoms with Gasteiger partial charge in [-0.05, 0) is 23.6 Å². The Labute approximate surface area is 137 Å². The molecule has 2 N–H and O–H groups in total. The third kappa shape index (κ3) is 3.82. The van der Waals surface area contributed by atoms with Crippen molar-refractivity contribution < 1.29 is 5.11 Å². The van der Waals surface area contributed by atoms with Gasteiger partial charge in [-0.15, -0.1) is 0 Å². The lowest BCUT2D eigenvalue weighted by Crippen LogP contribution is -2.43. The molecule has 2 atom stereocenters. The first kappa shape index (κ1) is 15.4. The summed E-state index contributed by atoms with van der Waals surface area (Å²) in [7, 11) is 0. The van der Waals surface area contributed by atoms with E-state index < -0.39 is 6.10 Å². The summed E-state index contributed by atoms with van der Waals surface area (Å²) >= 11 is 0. The number of aliphatic hydroxyl groups is 1. The summed E-state index contributed by atoms with van der Waals surface area (Å²) in [5.74, 6) is 0. The minimum Gasteiger partial charge on any atom is -0.389 e. The summed E-state index contributed by atoms with van der Waals surface area (Å²) in [6.45, 7) is 2.56. The summed E-state index contributed by atoms with van der Waals surface area (Å²) in [4.78, 5) is 2.08. The van der Waals surface area contributed by atoms with Gasteiger partial charge in [-0.1, -0.05) is 66.7 Å². The third-order valence-electron chi connectivity index (χ3n) is 3.99. The summed E-state index contributed by atoms with van der Waals surface area (Å²) < 4.78 is 0. The highest BCUT2D eigenvalue weighted by Crippen LogP contribution is 2.19. The van der Waals surface area contributed by atoms with Crippen molar-refractivity contribution in [1.82, 2.24) is 10.2 Å². The molecule has 118 valence electrons. The molecule has 1 aliphatic rings. The number of nitrogens with zero attached hydrogens (tertiary/aromatic N) is 1. The van der Waals surface area contributed by atoms with Crippen LogP contribution in [0.4, 0.5) is 0 Å². The van der Waals surface area contributed by atoms with Gasteiger partial charge in [-0.25, -0.2) is 0 Å². The van der Waals surface area contributed by atoms with E-state index in [0.29, 0.717) is 0 Å². The summed E-state index contributed by atoms with van der Waals surface area (Å²) in [6, 6.07) is 18.9. The van der Waals surface area contributed by atoms with E-state index in [-0.39, 0.29) is 6.17 Å². The molecule has 3 rings (SSSR count). The second-order valence-electron chi connectivity index (χ2n) is 5.76. The lowest BCUT2D eigenvalue weighted by atomic mass is 10.0. The van der Waals surface area contributed by atoms with Crippen molar-refractivity contribution in [2.75, 3.05) is 6.54 Å². The van der Waals surface area contributed by atoms with Gasteiger partial charge in [0.25, 0.3) is 0 Å². The fraction of sp³-hybridized carbons (Fsp3) is 0.200. The molecular formula is C20H22N2O. The topological polar surface area (TPSA) is 35.5 Å². The van der Waals surface area contributed by atoms with E-state index in [4.69, 9.17) is 0 Å². The Balaban J connectivity index is 1.61. The van der Waals surface area contributed by atoms with Crippen LogP contribution in [0, 0.1) is 0 Å². The molecule has 0 aromatic heterocycles. The molecule has 0 saturated heterocycles. The summed E-state index contributed by atoms with van der Waals surface area (Å²) in [5, 5.41) is 12.9. The molecule has 1 heterocycles. The normalized spacial score (nSPS) is 18.3. The summed E-state index contributed by atoms with van der Waals surface area (Å²) in [5.41, 5.74) is 3.63. The van der Waals surface area contributed by atoms with Crippen LogP contribution in [0.3, 0.4) is 0 Å². The van der Waals surface area contributed by atoms with Gasteiger partial charge in [-0.2, -0.15) is 0 Å². The molecule has 2 unspecified atom stereocenters. The average molecular weight is 306 g/mol. The van der Waals surface area contributed by atoms with E-state index in [9.17, 15) is 5.11 Å². The minimum atomic E-state index is -0.413. The smallest absolute Gasteiger partial charge is 0.125 e. The Morgan fingerprint density at radius 3 is 2.48 bits per heavy atom. The number of aliphatic hydroxyl groups excluding tert-OH is 1. The molecule has 0 aliphatic carbocycles. The van der Waals surface area contributed by atoms with Gasteiger partial charge >= 0.3 is 0 Å². The van der Waals surface area contributed by atoms with Crippen molar-refractivity contribution in [3.8, 4) is 11.1 Å². The highest BCUT2D eigenvalue weighted by atomic mass is 16.3. The Bertz CT molecular complexity index is 675. The number of hydrogen-bond acceptors (Lipinski definition) is 3. The Kier molecular flexibility index (Phi) is 4.79. The van der Waals surface area contributed by atoms with E-state index in [1.165, 1.54) is 16.7 Å². The van der Waals surface area contributed by atoms with Crippen molar-refractivity contribution in [3.05, 3.63) is 78.6 Å². The van der Waals surface area contributed by atoms with Crippen LogP contribution in [-0.2, 0) is 0 Å². The molecule has 0 fully saturated rings. The average Bonchev–Trinajstić information content (AvgIpc) is 3.05. The highest BCUT2D eigenvalue weighted by molar-refractivity contribution is 5.65. The number of rotatable bonds is 5. The molecule has 0 radical (unpaired) electrons. The predicted molar refractivity (Wildman–Crippen MR) is 95.4 cm³/mol. The largest absolute Gasteiger partial charge is 0.389 e. The van der Waals surface area contributed by atoms with Crippen LogP contribution in [0.25, 0.3) is 17.2 Å². The molecule has 0 bridgehead atoms. The molecule has 2 aromatic carbocycles. The Morgan fingerprint density at radius 2 is 1.78 bits per heavy atom. The van der Waals surface area contributed by atoms with Crippen molar-refractivity contribution in [2.45, 2.75) is 19.2 Å². The SMILES string of the molecule is CC(O)C1NC=CN1C/C=C/c1ccc(-c2ccccc2)cc1. The molecule has 3 heteroatoms. The van der Waals surface area contributed by atoms with Gasteiger partial charge in [0.15, 0.2) is 0 Å². The molecule has 0 amide bonds. The van der Waals surface area contributed by atoms with Crippen LogP contribution in [0.2, 0.25) is 0 Å². The van der Waals surface area contributed by atoms with Gasteiger partial charge in [-0.3, -0.25) is 0 Å². The number of hydrogen-bond donors (Lipinski definition) is 2. The lowest BCUT2D eigenvalue weighted by Gasteiger charge is -2.26. The number of nitrogens with one attached hydrogen (secondary N) is 1. The van der Waals surface area contributed by atoms with Crippen LogP contribution in [-0.4, -0.2) is 28.8 Å². The predicted octanol–water partition coefficient (Wildman–Crippen LogP) is 3.45. The monoisotopic (exact) mass is 306 g/mol. The van der Waals surface area contributed by atoms with Gasteiger partial charge in [0.1, 0.15) is 6.17 Å². The van der Waals surface area contributed by atoms with Crippen molar-refractivity contribution in [3.63, 3.8) is 0 Å². The zero-order chi connectivity index (χ0) is 16.1. The molecule has 3 nitrogen and oxygen atoms in total. The highest BCUT2D eigenvalue weighted by Gasteiger charge is 2.21. The van der Waals surface area contributed by atoms with Gasteiger partial charge in [0, 0.05) is 18.9 Å². The maximum atomic E-state index is 9.71. The molecule has 0 saturated carbocycles. The number of benzene rings is 2. The first-order chi connectivity index (χ1) is 11.2. The van der Waals surface area contributed by atoms with Crippen LogP contribution >= 0.6 is 0 Å². The molecule has 23 heavy (non-hydrogen) atoms. The first-order valence-electron chi connectivity index (χ1n) is 7.92. The van der Waals surface area contributed by atoms with Gasteiger partial charge in [0.05, 0.1) is 6.10 Å². The van der Waals surface area contributed by atoms with E-state index in [0.717, 1.165) is 6.54 Å². The van der Waals surface area contributed by atoms with E-state index in [2.05, 4.69) is 70.9 Å². The van der Waals surface area contributed by atoms with Crippen LogP contribution in [0.5, 0.6) is 0 Å². The Hall–Kier alpha value is -2.52. The fourth-order valence-corrected chi connectivity index (χ4v) is 2.74. The lowest BCUT2D eigenvalue weighted by molar-refractivity contribution is 0.0920. The standard InChI is InChI=1S/C20H22N2O/c1-16(23)20-21-13-15-22(20)14-5-6-17-9-11-19(12-10-17)18-7-3-2-4-8-18/h2-13,15-16,20-21,23H,14H2,1H3/b6-5+. The molecular weight excluding hydrogens is 284 g/mol. The fourth-order valence-electron chi connectivity index (χ4n) is 2.74. The van der Waals surface area contributed by atoms with Crippen LogP contribution in [0.1, 0.15) is 12.5 Å². The van der Waals surface area contributed by atoms with Crippen molar-refractivity contribution in [1.29, 1.82) is 0 Å². The Morgan fingerprint density at radius 1 is 1.09 bits per heavy atom. The second-order valence-corrected chi connectivity index (χ2v) is 5.76. The first-order valence-corrected chi connectivity index (χ1v) is 7.92.